The van der Waals surface area contributed by atoms with Crippen LogP contribution in [0, 0.1) is 15.3 Å². The van der Waals surface area contributed by atoms with Crippen molar-refractivity contribution in [3.8, 4) is 9.86 Å². The molecule has 0 saturated heterocycles. The second-order valence-corrected chi connectivity index (χ2v) is 19.4. The fourth-order valence-electron chi connectivity index (χ4n) is 2.43. The van der Waals surface area contributed by atoms with Crippen LogP contribution in [0.1, 0.15) is 80.1 Å². The monoisotopic (exact) mass is 372 g/mol. The average Bonchev–Trinajstić information content (AvgIpc) is 2.36. The van der Waals surface area contributed by atoms with Gasteiger partial charge in [-0.15, -0.1) is 0 Å². The molecule has 0 radical (unpaired) electrons. The van der Waals surface area contributed by atoms with Crippen LogP contribution in [-0.4, -0.2) is 18.4 Å². The van der Waals surface area contributed by atoms with Crippen LogP contribution in [0.5, 0.6) is 0 Å². The molecule has 0 saturated carbocycles. The third kappa shape index (κ3) is 9.83. The molecular formula is C18H36Sn. The van der Waals surface area contributed by atoms with Gasteiger partial charge in [0.2, 0.25) is 0 Å². The second kappa shape index (κ2) is 10.1. The molecule has 19 heavy (non-hydrogen) atoms. The van der Waals surface area contributed by atoms with Crippen molar-refractivity contribution in [3.05, 3.63) is 0 Å². The molecule has 0 spiro atoms. The Kier molecular flexibility index (Phi) is 10.3. The fraction of sp³-hybridized carbons (Fsp3) is 0.889. The van der Waals surface area contributed by atoms with Crippen LogP contribution in [-0.2, 0) is 0 Å². The van der Waals surface area contributed by atoms with Gasteiger partial charge in [0, 0.05) is 0 Å². The minimum atomic E-state index is -2.16. The molecule has 0 atom stereocenters. The van der Waals surface area contributed by atoms with Gasteiger partial charge in [0.05, 0.1) is 0 Å². The van der Waals surface area contributed by atoms with Gasteiger partial charge >= 0.3 is 127 Å². The molecule has 0 N–H and O–H groups in total. The van der Waals surface area contributed by atoms with Crippen LogP contribution < -0.4 is 0 Å². The zero-order valence-electron chi connectivity index (χ0n) is 14.4. The van der Waals surface area contributed by atoms with E-state index in [4.69, 9.17) is 0 Å². The molecular weight excluding hydrogens is 335 g/mol. The van der Waals surface area contributed by atoms with Crippen molar-refractivity contribution in [2.75, 3.05) is 0 Å². The van der Waals surface area contributed by atoms with Crippen LogP contribution >= 0.6 is 0 Å². The maximum atomic E-state index is 3.94. The maximum absolute atomic E-state index is 3.94. The van der Waals surface area contributed by atoms with Crippen LogP contribution in [0.15, 0.2) is 0 Å². The van der Waals surface area contributed by atoms with Gasteiger partial charge in [-0.3, -0.25) is 0 Å². The first-order valence-corrected chi connectivity index (χ1v) is 15.9. The van der Waals surface area contributed by atoms with Gasteiger partial charge in [0.25, 0.3) is 0 Å². The number of rotatable bonds is 9. The summed E-state index contributed by atoms with van der Waals surface area (Å²) in [5.41, 5.74) is 0.187. The quantitative estimate of drug-likeness (QED) is 0.324. The molecule has 0 aliphatic rings. The Labute approximate surface area is 127 Å². The molecule has 0 aliphatic heterocycles. The van der Waals surface area contributed by atoms with Crippen molar-refractivity contribution >= 4 is 18.4 Å². The summed E-state index contributed by atoms with van der Waals surface area (Å²) in [6.07, 6.45) is 8.28. The zero-order valence-corrected chi connectivity index (χ0v) is 17.2. The summed E-state index contributed by atoms with van der Waals surface area (Å²) >= 11 is -2.16. The van der Waals surface area contributed by atoms with Crippen LogP contribution in [0.4, 0.5) is 0 Å². The molecule has 1 heteroatoms. The minimum absolute atomic E-state index is 0.187. The first kappa shape index (κ1) is 19.4. The number of unbranched alkanes of at least 4 members (excludes halogenated alkanes) is 3. The standard InChI is InChI=1S/C6H9.3C4H9.Sn/c1-5-6(2,3)4;3*1-3-4-2;/h2-4H3;3*1,3-4H2,2H3;. The molecule has 0 rings (SSSR count). The molecule has 0 heterocycles. The van der Waals surface area contributed by atoms with Crippen LogP contribution in [0.2, 0.25) is 13.3 Å². The van der Waals surface area contributed by atoms with Crippen LogP contribution in [0.3, 0.4) is 0 Å². The van der Waals surface area contributed by atoms with Gasteiger partial charge in [-0.25, -0.2) is 0 Å². The molecule has 0 amide bonds. The third-order valence-corrected chi connectivity index (χ3v) is 16.8. The second-order valence-electron chi connectivity index (χ2n) is 7.09. The van der Waals surface area contributed by atoms with Crippen molar-refractivity contribution in [1.29, 1.82) is 0 Å². The summed E-state index contributed by atoms with van der Waals surface area (Å²) in [4.78, 5) is 0. The molecule has 112 valence electrons. The van der Waals surface area contributed by atoms with E-state index in [9.17, 15) is 0 Å². The van der Waals surface area contributed by atoms with Gasteiger partial charge in [0.15, 0.2) is 0 Å². The predicted octanol–water partition coefficient (Wildman–Crippen LogP) is 6.42. The SMILES string of the molecule is CCC[CH2][Sn]([C]#CC(C)(C)C)([CH2]CCC)[CH2]CCC. The van der Waals surface area contributed by atoms with E-state index in [0.717, 1.165) is 0 Å². The summed E-state index contributed by atoms with van der Waals surface area (Å²) in [5, 5.41) is 0. The van der Waals surface area contributed by atoms with E-state index in [0.29, 0.717) is 0 Å². The normalized spacial score (nSPS) is 12.1. The first-order valence-electron chi connectivity index (χ1n) is 8.43. The van der Waals surface area contributed by atoms with E-state index in [1.165, 1.54) is 51.8 Å². The summed E-state index contributed by atoms with van der Waals surface area (Å²) in [6, 6.07) is 0. The summed E-state index contributed by atoms with van der Waals surface area (Å²) in [6.45, 7) is 13.8. The third-order valence-electron chi connectivity index (χ3n) is 3.73. The molecule has 0 aromatic rings. The summed E-state index contributed by atoms with van der Waals surface area (Å²) < 4.78 is 8.46. The van der Waals surface area contributed by atoms with Gasteiger partial charge in [-0.2, -0.15) is 0 Å². The summed E-state index contributed by atoms with van der Waals surface area (Å²) in [5.74, 6) is 3.63. The van der Waals surface area contributed by atoms with Crippen molar-refractivity contribution in [2.45, 2.75) is 93.4 Å². The molecule has 0 aromatic carbocycles. The number of hydrogen-bond acceptors (Lipinski definition) is 0. The van der Waals surface area contributed by atoms with E-state index >= 15 is 0 Å². The van der Waals surface area contributed by atoms with Crippen molar-refractivity contribution in [3.63, 3.8) is 0 Å². The van der Waals surface area contributed by atoms with Gasteiger partial charge in [0.1, 0.15) is 0 Å². The zero-order chi connectivity index (χ0) is 14.8. The predicted molar refractivity (Wildman–Crippen MR) is 92.1 cm³/mol. The van der Waals surface area contributed by atoms with E-state index in [-0.39, 0.29) is 5.41 Å². The van der Waals surface area contributed by atoms with Crippen molar-refractivity contribution in [2.24, 2.45) is 5.41 Å². The van der Waals surface area contributed by atoms with Gasteiger partial charge < -0.3 is 0 Å². The Morgan fingerprint density at radius 2 is 1.11 bits per heavy atom. The van der Waals surface area contributed by atoms with Gasteiger partial charge in [-0.05, 0) is 0 Å². The Balaban J connectivity index is 5.00. The van der Waals surface area contributed by atoms with Crippen molar-refractivity contribution < 1.29 is 0 Å². The Hall–Kier alpha value is 0.359. The molecule has 0 bridgehead atoms. The summed E-state index contributed by atoms with van der Waals surface area (Å²) in [7, 11) is 0. The number of hydrogen-bond donors (Lipinski definition) is 0. The van der Waals surface area contributed by atoms with E-state index in [1.54, 1.807) is 0 Å². The first-order chi connectivity index (χ1) is 8.89. The molecule has 0 fully saturated rings. The van der Waals surface area contributed by atoms with Gasteiger partial charge in [-0.1, -0.05) is 0 Å². The van der Waals surface area contributed by atoms with E-state index < -0.39 is 18.4 Å². The Bertz CT molecular complexity index is 253. The fourth-order valence-corrected chi connectivity index (χ4v) is 16.3. The van der Waals surface area contributed by atoms with E-state index in [1.807, 2.05) is 0 Å². The van der Waals surface area contributed by atoms with E-state index in [2.05, 4.69) is 51.4 Å². The Morgan fingerprint density at radius 3 is 1.37 bits per heavy atom. The molecule has 0 aromatic heterocycles. The molecule has 0 unspecified atom stereocenters. The average molecular weight is 371 g/mol. The Morgan fingerprint density at radius 1 is 0.737 bits per heavy atom. The topological polar surface area (TPSA) is 0 Å². The van der Waals surface area contributed by atoms with Crippen molar-refractivity contribution in [1.82, 2.24) is 0 Å². The molecule has 0 nitrogen and oxygen atoms in total. The van der Waals surface area contributed by atoms with Crippen LogP contribution in [0.25, 0.3) is 0 Å². The molecule has 0 aliphatic carbocycles.